The second-order valence-corrected chi connectivity index (χ2v) is 9.57. The first-order chi connectivity index (χ1) is 17.2. The average Bonchev–Trinajstić information content (AvgIpc) is 3.36. The summed E-state index contributed by atoms with van der Waals surface area (Å²) in [6.45, 7) is 5.69. The number of nitrogens with zero attached hydrogens (tertiary/aromatic N) is 2. The number of hydrogen-bond donors (Lipinski definition) is 2. The summed E-state index contributed by atoms with van der Waals surface area (Å²) in [6.07, 6.45) is 0.290. The van der Waals surface area contributed by atoms with Gasteiger partial charge >= 0.3 is 0 Å². The summed E-state index contributed by atoms with van der Waals surface area (Å²) < 4.78 is 5.45. The highest BCUT2D eigenvalue weighted by atomic mass is 32.1. The molecule has 5 rings (SSSR count). The molecule has 3 aromatic carbocycles. The first-order valence-electron chi connectivity index (χ1n) is 12.1. The molecule has 0 unspecified atom stereocenters. The van der Waals surface area contributed by atoms with Crippen LogP contribution in [0.25, 0.3) is 21.3 Å². The van der Waals surface area contributed by atoms with Crippen molar-refractivity contribution in [2.45, 2.75) is 13.0 Å². The van der Waals surface area contributed by atoms with Crippen LogP contribution < -0.4 is 10.6 Å². The van der Waals surface area contributed by atoms with E-state index in [9.17, 15) is 4.79 Å². The lowest BCUT2D eigenvalue weighted by molar-refractivity contribution is -0.120. The largest absolute Gasteiger partial charge is 0.383 e. The molecule has 1 aliphatic heterocycles. The minimum absolute atomic E-state index is 0.0114. The maximum Gasteiger partial charge on any atom is 0.226 e. The summed E-state index contributed by atoms with van der Waals surface area (Å²) in [5, 5.41) is 11.8. The molecule has 1 aliphatic rings. The van der Waals surface area contributed by atoms with Crippen molar-refractivity contribution in [2.24, 2.45) is 0 Å². The minimum Gasteiger partial charge on any atom is -0.383 e. The molecule has 35 heavy (non-hydrogen) atoms. The lowest BCUT2D eigenvalue weighted by Gasteiger charge is -2.26. The molecule has 0 saturated carbocycles. The number of rotatable bonds is 9. The van der Waals surface area contributed by atoms with Crippen molar-refractivity contribution in [1.29, 1.82) is 0 Å². The Morgan fingerprint density at radius 2 is 1.83 bits per heavy atom. The Morgan fingerprint density at radius 1 is 1.00 bits per heavy atom. The van der Waals surface area contributed by atoms with Crippen LogP contribution in [0.5, 0.6) is 0 Å². The Kier molecular flexibility index (Phi) is 7.68. The molecule has 4 aromatic rings. The fourth-order valence-electron chi connectivity index (χ4n) is 4.35. The summed E-state index contributed by atoms with van der Waals surface area (Å²) in [6, 6.07) is 23.0. The Hall–Kier alpha value is -3.26. The number of thiazole rings is 1. The highest BCUT2D eigenvalue weighted by Crippen LogP contribution is 2.25. The van der Waals surface area contributed by atoms with Gasteiger partial charge in [-0.2, -0.15) is 0 Å². The Bertz CT molecular complexity index is 1280. The number of carbonyl (C=O) groups excluding carboxylic acids is 1. The number of carbonyl (C=O) groups is 1. The van der Waals surface area contributed by atoms with E-state index in [0.29, 0.717) is 13.1 Å². The first-order valence-corrected chi connectivity index (χ1v) is 12.9. The molecule has 1 aromatic heterocycles. The van der Waals surface area contributed by atoms with Gasteiger partial charge in [-0.15, -0.1) is 11.3 Å². The Balaban J connectivity index is 1.11. The van der Waals surface area contributed by atoms with Gasteiger partial charge in [0, 0.05) is 54.7 Å². The lowest BCUT2D eigenvalue weighted by Crippen LogP contribution is -2.35. The van der Waals surface area contributed by atoms with Gasteiger partial charge in [0.2, 0.25) is 5.91 Å². The van der Waals surface area contributed by atoms with Gasteiger partial charge in [0.05, 0.1) is 25.3 Å². The number of benzene rings is 3. The molecular weight excluding hydrogens is 456 g/mol. The van der Waals surface area contributed by atoms with E-state index >= 15 is 0 Å². The number of nitrogens with one attached hydrogen (secondary N) is 2. The summed E-state index contributed by atoms with van der Waals surface area (Å²) >= 11 is 1.59. The van der Waals surface area contributed by atoms with Crippen molar-refractivity contribution in [1.82, 2.24) is 15.2 Å². The third kappa shape index (κ3) is 6.25. The number of hydrogen-bond acceptors (Lipinski definition) is 6. The summed E-state index contributed by atoms with van der Waals surface area (Å²) in [5.74, 6) is -0.0114. The van der Waals surface area contributed by atoms with E-state index in [0.717, 1.165) is 54.8 Å². The van der Waals surface area contributed by atoms with Crippen molar-refractivity contribution >= 4 is 33.7 Å². The van der Waals surface area contributed by atoms with Gasteiger partial charge in [-0.25, -0.2) is 4.98 Å². The second kappa shape index (κ2) is 11.4. The van der Waals surface area contributed by atoms with Gasteiger partial charge in [0.15, 0.2) is 0 Å². The molecule has 180 valence electrons. The van der Waals surface area contributed by atoms with Gasteiger partial charge in [0.25, 0.3) is 0 Å². The Labute approximate surface area is 210 Å². The van der Waals surface area contributed by atoms with Crippen LogP contribution in [-0.4, -0.2) is 55.2 Å². The third-order valence-corrected chi connectivity index (χ3v) is 7.07. The molecule has 2 N–H and O–H groups in total. The predicted molar refractivity (Wildman–Crippen MR) is 143 cm³/mol. The highest BCUT2D eigenvalue weighted by molar-refractivity contribution is 7.13. The van der Waals surface area contributed by atoms with Gasteiger partial charge in [-0.05, 0) is 23.1 Å². The minimum atomic E-state index is -0.0114. The maximum atomic E-state index is 12.5. The number of ether oxygens (including phenoxy) is 1. The normalized spacial score (nSPS) is 14.2. The molecule has 0 spiro atoms. The van der Waals surface area contributed by atoms with Crippen molar-refractivity contribution in [3.63, 3.8) is 0 Å². The number of amides is 1. The molecule has 6 nitrogen and oxygen atoms in total. The maximum absolute atomic E-state index is 12.5. The average molecular weight is 487 g/mol. The Morgan fingerprint density at radius 3 is 2.74 bits per heavy atom. The van der Waals surface area contributed by atoms with Crippen LogP contribution in [0.1, 0.15) is 11.3 Å². The van der Waals surface area contributed by atoms with Crippen molar-refractivity contribution < 1.29 is 9.53 Å². The van der Waals surface area contributed by atoms with Crippen molar-refractivity contribution in [2.75, 3.05) is 44.7 Å². The first kappa shape index (κ1) is 23.5. The van der Waals surface area contributed by atoms with Gasteiger partial charge in [-0.1, -0.05) is 54.6 Å². The monoisotopic (exact) mass is 486 g/mol. The fourth-order valence-corrected chi connectivity index (χ4v) is 5.16. The summed E-state index contributed by atoms with van der Waals surface area (Å²) in [5.41, 5.74) is 4.27. The van der Waals surface area contributed by atoms with Crippen LogP contribution in [0.15, 0.2) is 72.1 Å². The van der Waals surface area contributed by atoms with E-state index in [-0.39, 0.29) is 12.3 Å². The number of morpholine rings is 1. The molecule has 7 heteroatoms. The zero-order chi connectivity index (χ0) is 23.9. The molecule has 0 atom stereocenters. The molecule has 1 fully saturated rings. The predicted octanol–water partition coefficient (Wildman–Crippen LogP) is 4.57. The van der Waals surface area contributed by atoms with Crippen LogP contribution in [-0.2, 0) is 22.5 Å². The van der Waals surface area contributed by atoms with Crippen LogP contribution >= 0.6 is 11.3 Å². The van der Waals surface area contributed by atoms with Gasteiger partial charge in [-0.3, -0.25) is 9.69 Å². The van der Waals surface area contributed by atoms with Crippen molar-refractivity contribution in [3.05, 3.63) is 83.4 Å². The van der Waals surface area contributed by atoms with Crippen LogP contribution in [0.3, 0.4) is 0 Å². The molecule has 0 bridgehead atoms. The van der Waals surface area contributed by atoms with Crippen LogP contribution in [0.4, 0.5) is 5.69 Å². The topological polar surface area (TPSA) is 66.5 Å². The van der Waals surface area contributed by atoms with E-state index in [4.69, 9.17) is 9.72 Å². The number of aromatic nitrogens is 1. The molecule has 1 amide bonds. The molecule has 2 heterocycles. The zero-order valence-electron chi connectivity index (χ0n) is 19.7. The highest BCUT2D eigenvalue weighted by Gasteiger charge is 2.13. The molecular formula is C28H30N4O2S. The summed E-state index contributed by atoms with van der Waals surface area (Å²) in [7, 11) is 0. The van der Waals surface area contributed by atoms with Crippen molar-refractivity contribution in [3.8, 4) is 10.6 Å². The van der Waals surface area contributed by atoms with Crippen LogP contribution in [0, 0.1) is 0 Å². The SMILES string of the molecule is O=C(Cc1csc(-c2cccc(CN3CCOCC3)c2)n1)NCCNc1cccc2ccccc12. The number of fused-ring (bicyclic) bond motifs is 1. The standard InChI is InChI=1S/C28H30N4O2S/c33-27(30-12-11-29-26-10-4-7-22-6-1-2-9-25(22)26)18-24-20-35-28(31-24)23-8-3-5-21(17-23)19-32-13-15-34-16-14-32/h1-10,17,20,29H,11-16,18-19H2,(H,30,33). The molecule has 0 aliphatic carbocycles. The van der Waals surface area contributed by atoms with E-state index < -0.39 is 0 Å². The molecule has 0 radical (unpaired) electrons. The molecule has 1 saturated heterocycles. The summed E-state index contributed by atoms with van der Waals surface area (Å²) in [4.78, 5) is 19.6. The number of anilines is 1. The smallest absolute Gasteiger partial charge is 0.226 e. The zero-order valence-corrected chi connectivity index (χ0v) is 20.5. The van der Waals surface area contributed by atoms with Gasteiger partial charge < -0.3 is 15.4 Å². The quantitative estimate of drug-likeness (QED) is 0.340. The van der Waals surface area contributed by atoms with E-state index in [1.54, 1.807) is 11.3 Å². The van der Waals surface area contributed by atoms with Gasteiger partial charge in [0.1, 0.15) is 5.01 Å². The third-order valence-electron chi connectivity index (χ3n) is 6.13. The second-order valence-electron chi connectivity index (χ2n) is 8.71. The fraction of sp³-hybridized carbons (Fsp3) is 0.286. The van der Waals surface area contributed by atoms with E-state index in [1.165, 1.54) is 16.3 Å². The van der Waals surface area contributed by atoms with E-state index in [1.807, 2.05) is 23.6 Å². The van der Waals surface area contributed by atoms with E-state index in [2.05, 4.69) is 64.1 Å². The lowest BCUT2D eigenvalue weighted by atomic mass is 10.1. The van der Waals surface area contributed by atoms with Crippen LogP contribution in [0.2, 0.25) is 0 Å².